The van der Waals surface area contributed by atoms with E-state index >= 15 is 0 Å². The van der Waals surface area contributed by atoms with E-state index in [1.165, 1.54) is 0 Å². The molecule has 4 heteroatoms. The van der Waals surface area contributed by atoms with E-state index in [-0.39, 0.29) is 11.9 Å². The van der Waals surface area contributed by atoms with Gasteiger partial charge in [0.05, 0.1) is 0 Å². The first kappa shape index (κ1) is 17.7. The van der Waals surface area contributed by atoms with Crippen molar-refractivity contribution in [3.63, 3.8) is 0 Å². The molecule has 0 aliphatic rings. The van der Waals surface area contributed by atoms with Gasteiger partial charge in [-0.15, -0.1) is 0 Å². The lowest BCUT2D eigenvalue weighted by Crippen LogP contribution is -2.56. The zero-order valence-electron chi connectivity index (χ0n) is 13.7. The fraction of sp³-hybridized carbons (Fsp3) is 0.588. The number of nitrogens with one attached hydrogen (secondary N) is 1. The predicted molar refractivity (Wildman–Crippen MR) is 88.0 cm³/mol. The van der Waals surface area contributed by atoms with Crippen molar-refractivity contribution in [2.45, 2.75) is 45.2 Å². The summed E-state index contributed by atoms with van der Waals surface area (Å²) in [6.07, 6.45) is 1.77. The lowest BCUT2D eigenvalue weighted by molar-refractivity contribution is -0.125. The number of hydrogen-bond donors (Lipinski definition) is 2. The standard InChI is InChI=1S/C17H29N3O/c1-5-12-20(4)13-11-17(16(18)21,19-14(2)3)15-9-7-6-8-10-15/h6-10,14,19H,5,11-13H2,1-4H3,(H2,18,21). The summed E-state index contributed by atoms with van der Waals surface area (Å²) in [6, 6.07) is 9.97. The number of carbonyl (C=O) groups is 1. The topological polar surface area (TPSA) is 58.4 Å². The summed E-state index contributed by atoms with van der Waals surface area (Å²) in [5, 5.41) is 3.41. The molecule has 0 saturated carbocycles. The molecule has 0 aliphatic heterocycles. The molecular formula is C17H29N3O. The summed E-state index contributed by atoms with van der Waals surface area (Å²) >= 11 is 0. The van der Waals surface area contributed by atoms with Crippen molar-refractivity contribution in [3.8, 4) is 0 Å². The summed E-state index contributed by atoms with van der Waals surface area (Å²) < 4.78 is 0. The van der Waals surface area contributed by atoms with Crippen LogP contribution in [0, 0.1) is 0 Å². The van der Waals surface area contributed by atoms with Crippen LogP contribution in [0.1, 0.15) is 39.2 Å². The molecule has 1 atom stereocenters. The Bertz CT molecular complexity index is 433. The van der Waals surface area contributed by atoms with Crippen LogP contribution in [0.4, 0.5) is 0 Å². The molecule has 3 N–H and O–H groups in total. The Morgan fingerprint density at radius 2 is 1.90 bits per heavy atom. The molecule has 21 heavy (non-hydrogen) atoms. The molecule has 0 saturated heterocycles. The van der Waals surface area contributed by atoms with Crippen molar-refractivity contribution in [3.05, 3.63) is 35.9 Å². The highest BCUT2D eigenvalue weighted by atomic mass is 16.1. The first-order valence-corrected chi connectivity index (χ1v) is 7.74. The van der Waals surface area contributed by atoms with Crippen LogP contribution >= 0.6 is 0 Å². The monoisotopic (exact) mass is 291 g/mol. The number of nitrogens with zero attached hydrogens (tertiary/aromatic N) is 1. The highest BCUT2D eigenvalue weighted by Crippen LogP contribution is 2.26. The molecule has 1 rings (SSSR count). The average molecular weight is 291 g/mol. The van der Waals surface area contributed by atoms with Crippen LogP contribution in [0.3, 0.4) is 0 Å². The van der Waals surface area contributed by atoms with Crippen molar-refractivity contribution < 1.29 is 4.79 Å². The molecule has 1 aromatic carbocycles. The molecule has 0 fully saturated rings. The highest BCUT2D eigenvalue weighted by Gasteiger charge is 2.38. The number of nitrogens with two attached hydrogens (primary N) is 1. The summed E-state index contributed by atoms with van der Waals surface area (Å²) in [6.45, 7) is 8.07. The van der Waals surface area contributed by atoms with Gasteiger partial charge in [0.25, 0.3) is 0 Å². The van der Waals surface area contributed by atoms with E-state index in [0.29, 0.717) is 6.42 Å². The normalized spacial score (nSPS) is 14.4. The second kappa shape index (κ2) is 8.15. The Labute approximate surface area is 128 Å². The number of rotatable bonds is 9. The van der Waals surface area contributed by atoms with E-state index < -0.39 is 5.54 Å². The van der Waals surface area contributed by atoms with Crippen LogP contribution < -0.4 is 11.1 Å². The summed E-state index contributed by atoms with van der Waals surface area (Å²) in [5.74, 6) is -0.313. The minimum atomic E-state index is -0.808. The Morgan fingerprint density at radius 3 is 2.38 bits per heavy atom. The Hall–Kier alpha value is -1.39. The zero-order chi connectivity index (χ0) is 15.9. The lowest BCUT2D eigenvalue weighted by Gasteiger charge is -2.35. The second-order valence-electron chi connectivity index (χ2n) is 5.99. The molecule has 118 valence electrons. The second-order valence-corrected chi connectivity index (χ2v) is 5.99. The van der Waals surface area contributed by atoms with Crippen LogP contribution in [0.5, 0.6) is 0 Å². The van der Waals surface area contributed by atoms with Crippen LogP contribution in [-0.4, -0.2) is 37.0 Å². The maximum absolute atomic E-state index is 12.3. The van der Waals surface area contributed by atoms with Gasteiger partial charge in [0.1, 0.15) is 5.54 Å². The number of hydrogen-bond acceptors (Lipinski definition) is 3. The Kier molecular flexibility index (Phi) is 6.85. The van der Waals surface area contributed by atoms with Crippen molar-refractivity contribution >= 4 is 5.91 Å². The highest BCUT2D eigenvalue weighted by molar-refractivity contribution is 5.86. The van der Waals surface area contributed by atoms with Crippen LogP contribution in [0.25, 0.3) is 0 Å². The minimum absolute atomic E-state index is 0.175. The smallest absolute Gasteiger partial charge is 0.242 e. The van der Waals surface area contributed by atoms with Gasteiger partial charge in [-0.3, -0.25) is 10.1 Å². The van der Waals surface area contributed by atoms with Crippen molar-refractivity contribution in [2.24, 2.45) is 5.73 Å². The number of benzene rings is 1. The molecule has 0 heterocycles. The van der Waals surface area contributed by atoms with E-state index in [1.54, 1.807) is 0 Å². The molecule has 0 bridgehead atoms. The van der Waals surface area contributed by atoms with Gasteiger partial charge in [-0.05, 0) is 45.8 Å². The molecule has 1 aromatic rings. The summed E-state index contributed by atoms with van der Waals surface area (Å²) in [5.41, 5.74) is 5.92. The molecule has 0 aromatic heterocycles. The minimum Gasteiger partial charge on any atom is -0.368 e. The predicted octanol–water partition coefficient (Wildman–Crippen LogP) is 2.10. The van der Waals surface area contributed by atoms with E-state index in [1.807, 2.05) is 44.2 Å². The maximum atomic E-state index is 12.3. The molecule has 0 aliphatic carbocycles. The van der Waals surface area contributed by atoms with Crippen LogP contribution in [0.2, 0.25) is 0 Å². The average Bonchev–Trinajstić information content (AvgIpc) is 2.44. The SMILES string of the molecule is CCCN(C)CCC(NC(C)C)(C(N)=O)c1ccccc1. The van der Waals surface area contributed by atoms with E-state index in [4.69, 9.17) is 5.73 Å². The summed E-state index contributed by atoms with van der Waals surface area (Å²) in [4.78, 5) is 14.5. The fourth-order valence-corrected chi connectivity index (χ4v) is 2.70. The van der Waals surface area contributed by atoms with Gasteiger partial charge in [0, 0.05) is 12.6 Å². The number of primary amides is 1. The molecule has 1 amide bonds. The molecular weight excluding hydrogens is 262 g/mol. The van der Waals surface area contributed by atoms with E-state index in [2.05, 4.69) is 24.2 Å². The third-order valence-corrected chi connectivity index (χ3v) is 3.70. The molecule has 1 unspecified atom stereocenters. The first-order chi connectivity index (χ1) is 9.92. The van der Waals surface area contributed by atoms with Gasteiger partial charge < -0.3 is 10.6 Å². The molecule has 0 radical (unpaired) electrons. The Morgan fingerprint density at radius 1 is 1.29 bits per heavy atom. The van der Waals surface area contributed by atoms with E-state index in [0.717, 1.165) is 25.1 Å². The van der Waals surface area contributed by atoms with Gasteiger partial charge in [-0.2, -0.15) is 0 Å². The largest absolute Gasteiger partial charge is 0.368 e. The quantitative estimate of drug-likeness (QED) is 0.732. The third-order valence-electron chi connectivity index (χ3n) is 3.70. The van der Waals surface area contributed by atoms with Gasteiger partial charge in [0.2, 0.25) is 5.91 Å². The van der Waals surface area contributed by atoms with Gasteiger partial charge >= 0.3 is 0 Å². The fourth-order valence-electron chi connectivity index (χ4n) is 2.70. The van der Waals surface area contributed by atoms with Gasteiger partial charge in [-0.1, -0.05) is 37.3 Å². The number of amides is 1. The lowest BCUT2D eigenvalue weighted by atomic mass is 9.84. The maximum Gasteiger partial charge on any atom is 0.242 e. The Balaban J connectivity index is 3.05. The molecule has 4 nitrogen and oxygen atoms in total. The number of carbonyl (C=O) groups excluding carboxylic acids is 1. The van der Waals surface area contributed by atoms with Crippen LogP contribution in [-0.2, 0) is 10.3 Å². The van der Waals surface area contributed by atoms with Crippen molar-refractivity contribution in [1.29, 1.82) is 0 Å². The van der Waals surface area contributed by atoms with Crippen molar-refractivity contribution in [2.75, 3.05) is 20.1 Å². The summed E-state index contributed by atoms with van der Waals surface area (Å²) in [7, 11) is 2.08. The molecule has 0 spiro atoms. The van der Waals surface area contributed by atoms with Gasteiger partial charge in [0.15, 0.2) is 0 Å². The van der Waals surface area contributed by atoms with Crippen LogP contribution in [0.15, 0.2) is 30.3 Å². The van der Waals surface area contributed by atoms with Crippen molar-refractivity contribution in [1.82, 2.24) is 10.2 Å². The van der Waals surface area contributed by atoms with Gasteiger partial charge in [-0.25, -0.2) is 0 Å². The van der Waals surface area contributed by atoms with E-state index in [9.17, 15) is 4.79 Å². The zero-order valence-corrected chi connectivity index (χ0v) is 13.7. The first-order valence-electron chi connectivity index (χ1n) is 7.74. The third kappa shape index (κ3) is 4.83.